The first-order chi connectivity index (χ1) is 13.3. The van der Waals surface area contributed by atoms with E-state index < -0.39 is 66.0 Å². The van der Waals surface area contributed by atoms with Gasteiger partial charge in [0.1, 0.15) is 12.1 Å². The van der Waals surface area contributed by atoms with Crippen molar-refractivity contribution in [2.24, 2.45) is 11.5 Å². The van der Waals surface area contributed by atoms with Gasteiger partial charge < -0.3 is 42.7 Å². The third kappa shape index (κ3) is 9.32. The number of nitrogens with one attached hydrogen (secondary N) is 3. The molecule has 0 aromatic carbocycles. The molecule has 0 aliphatic rings. The van der Waals surface area contributed by atoms with E-state index in [0.717, 1.165) is 0 Å². The summed E-state index contributed by atoms with van der Waals surface area (Å²) >= 11 is 0. The van der Waals surface area contributed by atoms with Crippen LogP contribution in [0.4, 0.5) is 0 Å². The molecule has 29 heavy (non-hydrogen) atoms. The summed E-state index contributed by atoms with van der Waals surface area (Å²) in [6, 6.07) is -5.45. The summed E-state index contributed by atoms with van der Waals surface area (Å²) in [5.74, 6) is -4.77. The highest BCUT2D eigenvalue weighted by Crippen LogP contribution is 2.00. The normalized spacial score (nSPS) is 17.0. The molecule has 0 saturated heterocycles. The van der Waals surface area contributed by atoms with Crippen molar-refractivity contribution in [3.63, 3.8) is 0 Å². The summed E-state index contributed by atoms with van der Waals surface area (Å²) in [5.41, 5.74) is 10.6. The van der Waals surface area contributed by atoms with Crippen molar-refractivity contribution in [3.8, 4) is 0 Å². The van der Waals surface area contributed by atoms with Crippen LogP contribution < -0.4 is 27.4 Å². The topological polar surface area (TPSA) is 234 Å². The molecule has 13 nitrogen and oxygen atoms in total. The Balaban J connectivity index is 4.96. The highest BCUT2D eigenvalue weighted by molar-refractivity contribution is 5.94. The van der Waals surface area contributed by atoms with Crippen LogP contribution in [0.1, 0.15) is 33.6 Å². The van der Waals surface area contributed by atoms with Gasteiger partial charge in [-0.05, 0) is 27.2 Å². The number of rotatable bonds is 12. The van der Waals surface area contributed by atoms with Crippen molar-refractivity contribution in [1.29, 1.82) is 0 Å². The fraction of sp³-hybridized carbons (Fsp3) is 0.688. The third-order valence-corrected chi connectivity index (χ3v) is 3.90. The van der Waals surface area contributed by atoms with Crippen molar-refractivity contribution >= 4 is 29.6 Å². The molecular formula is C16H29N5O8. The molecular weight excluding hydrogens is 390 g/mol. The maximum atomic E-state index is 12.3. The van der Waals surface area contributed by atoms with Gasteiger partial charge in [0.15, 0.2) is 6.04 Å². The van der Waals surface area contributed by atoms with E-state index in [1.54, 1.807) is 0 Å². The Morgan fingerprint density at radius 1 is 0.828 bits per heavy atom. The number of aliphatic carboxylic acids is 1. The minimum absolute atomic E-state index is 0.0654. The van der Waals surface area contributed by atoms with Crippen molar-refractivity contribution in [2.75, 3.05) is 0 Å². The lowest BCUT2D eigenvalue weighted by Gasteiger charge is -2.25. The lowest BCUT2D eigenvalue weighted by Crippen LogP contribution is -2.59. The van der Waals surface area contributed by atoms with E-state index in [-0.39, 0.29) is 12.8 Å². The molecule has 0 aliphatic heterocycles. The first-order valence-electron chi connectivity index (χ1n) is 8.81. The predicted molar refractivity (Wildman–Crippen MR) is 98.9 cm³/mol. The van der Waals surface area contributed by atoms with Gasteiger partial charge in [-0.3, -0.25) is 19.2 Å². The van der Waals surface area contributed by atoms with Crippen LogP contribution >= 0.6 is 0 Å². The van der Waals surface area contributed by atoms with E-state index in [1.165, 1.54) is 20.8 Å². The number of hydrogen-bond donors (Lipinski definition) is 8. The Morgan fingerprint density at radius 3 is 1.72 bits per heavy atom. The van der Waals surface area contributed by atoms with E-state index in [2.05, 4.69) is 16.0 Å². The molecule has 0 fully saturated rings. The number of carbonyl (C=O) groups excluding carboxylic acids is 4. The number of amides is 4. The molecule has 0 saturated carbocycles. The zero-order valence-corrected chi connectivity index (χ0v) is 16.4. The maximum absolute atomic E-state index is 12.3. The van der Waals surface area contributed by atoms with Gasteiger partial charge in [0, 0.05) is 6.42 Å². The van der Waals surface area contributed by atoms with E-state index in [9.17, 15) is 34.2 Å². The average Bonchev–Trinajstić information content (AvgIpc) is 2.60. The fourth-order valence-electron chi connectivity index (χ4n) is 2.13. The van der Waals surface area contributed by atoms with Gasteiger partial charge in [-0.1, -0.05) is 0 Å². The van der Waals surface area contributed by atoms with Gasteiger partial charge in [0.2, 0.25) is 23.6 Å². The van der Waals surface area contributed by atoms with Crippen molar-refractivity contribution < 1.29 is 39.3 Å². The molecule has 10 N–H and O–H groups in total. The molecule has 0 heterocycles. The second-order valence-corrected chi connectivity index (χ2v) is 6.63. The van der Waals surface area contributed by atoms with Gasteiger partial charge in [-0.15, -0.1) is 0 Å². The quantitative estimate of drug-likeness (QED) is 0.153. The van der Waals surface area contributed by atoms with Crippen molar-refractivity contribution in [3.05, 3.63) is 0 Å². The first kappa shape index (κ1) is 26.2. The smallest absolute Gasteiger partial charge is 0.328 e. The molecule has 0 spiro atoms. The molecule has 166 valence electrons. The number of carbonyl (C=O) groups is 5. The van der Waals surface area contributed by atoms with Crippen molar-refractivity contribution in [1.82, 2.24) is 16.0 Å². The van der Waals surface area contributed by atoms with Gasteiger partial charge >= 0.3 is 5.97 Å². The Hall–Kier alpha value is -2.77. The van der Waals surface area contributed by atoms with Crippen LogP contribution in [0.2, 0.25) is 0 Å². The number of carboxylic acids is 1. The molecule has 0 radical (unpaired) electrons. The van der Waals surface area contributed by atoms with Crippen molar-refractivity contribution in [2.45, 2.75) is 70.0 Å². The van der Waals surface area contributed by atoms with Crippen LogP contribution in [-0.4, -0.2) is 81.3 Å². The van der Waals surface area contributed by atoms with Crippen LogP contribution in [0.5, 0.6) is 0 Å². The first-order valence-corrected chi connectivity index (χ1v) is 8.81. The van der Waals surface area contributed by atoms with E-state index >= 15 is 0 Å². The molecule has 0 aromatic heterocycles. The molecule has 13 heteroatoms. The largest absolute Gasteiger partial charge is 0.480 e. The fourth-order valence-corrected chi connectivity index (χ4v) is 2.13. The van der Waals surface area contributed by atoms with E-state index in [0.29, 0.717) is 0 Å². The van der Waals surface area contributed by atoms with Crippen LogP contribution in [0.3, 0.4) is 0 Å². The van der Waals surface area contributed by atoms with E-state index in [1.807, 2.05) is 0 Å². The van der Waals surface area contributed by atoms with Gasteiger partial charge in [0.25, 0.3) is 0 Å². The monoisotopic (exact) mass is 419 g/mol. The Kier molecular flexibility index (Phi) is 10.8. The van der Waals surface area contributed by atoms with Gasteiger partial charge in [-0.2, -0.15) is 0 Å². The zero-order valence-electron chi connectivity index (χ0n) is 16.4. The number of carboxylic acid groups (broad SMARTS) is 1. The summed E-state index contributed by atoms with van der Waals surface area (Å²) in [6.45, 7) is 3.63. The molecule has 4 amide bonds. The highest BCUT2D eigenvalue weighted by Gasteiger charge is 2.31. The number of hydrogen-bond acceptors (Lipinski definition) is 8. The van der Waals surface area contributed by atoms with Crippen LogP contribution in [-0.2, 0) is 24.0 Å². The Bertz CT molecular complexity index is 624. The van der Waals surface area contributed by atoms with Gasteiger partial charge in [-0.25, -0.2) is 4.79 Å². The van der Waals surface area contributed by atoms with Crippen LogP contribution in [0.15, 0.2) is 0 Å². The predicted octanol–water partition coefficient (Wildman–Crippen LogP) is -4.10. The molecule has 6 unspecified atom stereocenters. The summed E-state index contributed by atoms with van der Waals surface area (Å²) in [4.78, 5) is 58.2. The second-order valence-electron chi connectivity index (χ2n) is 6.63. The second kappa shape index (κ2) is 11.9. The summed E-state index contributed by atoms with van der Waals surface area (Å²) in [5, 5.41) is 34.6. The minimum atomic E-state index is -1.59. The Labute approximate surface area is 167 Å². The summed E-state index contributed by atoms with van der Waals surface area (Å²) in [7, 11) is 0. The number of aliphatic hydroxyl groups excluding tert-OH is 2. The zero-order chi connectivity index (χ0) is 22.9. The molecule has 0 aromatic rings. The molecule has 0 rings (SSSR count). The summed E-state index contributed by atoms with van der Waals surface area (Å²) in [6.07, 6.45) is -2.96. The lowest BCUT2D eigenvalue weighted by atomic mass is 10.1. The summed E-state index contributed by atoms with van der Waals surface area (Å²) < 4.78 is 0. The number of nitrogens with two attached hydrogens (primary N) is 2. The number of primary amides is 1. The average molecular weight is 419 g/mol. The van der Waals surface area contributed by atoms with Crippen LogP contribution in [0, 0.1) is 0 Å². The lowest BCUT2D eigenvalue weighted by molar-refractivity contribution is -0.145. The van der Waals surface area contributed by atoms with E-state index in [4.69, 9.17) is 16.6 Å². The van der Waals surface area contributed by atoms with Crippen LogP contribution in [0.25, 0.3) is 0 Å². The molecule has 6 atom stereocenters. The minimum Gasteiger partial charge on any atom is -0.480 e. The number of aliphatic hydroxyl groups is 2. The molecule has 0 bridgehead atoms. The Morgan fingerprint density at radius 2 is 1.31 bits per heavy atom. The SMILES string of the molecule is CC(NC(=O)C(NC(=O)C(N)CCC(N)=O)C(C)O)C(=O)NC(C(=O)O)C(C)O. The third-order valence-electron chi connectivity index (χ3n) is 3.90. The van der Waals surface area contributed by atoms with Gasteiger partial charge in [0.05, 0.1) is 18.2 Å². The molecule has 0 aliphatic carbocycles. The highest BCUT2D eigenvalue weighted by atomic mass is 16.4. The maximum Gasteiger partial charge on any atom is 0.328 e. The standard InChI is InChI=1S/C16H29N5O8/c1-6(13(25)21-12(8(3)23)16(28)29)19-15(27)11(7(2)22)20-14(26)9(17)4-5-10(18)24/h6-9,11-12,22-23H,4-5,17H2,1-3H3,(H2,18,24)(H,19,27)(H,20,26)(H,21,25)(H,28,29).